The standard InChI is InChI=1S/C20H26ClFN4O2/c1-19(2,28)12-26-8-5-20(22,6-9-26)11-25-18(27)14-10-15(21)16(23)13-4-3-7-24-17(13)14/h3-4,7,10,28H,5-6,8-9,11-12,23H2,1-2H3,(H,25,27). The van der Waals surface area contributed by atoms with Gasteiger partial charge in [0.25, 0.3) is 5.91 Å². The number of anilines is 1. The largest absolute Gasteiger partial charge is 0.397 e. The summed E-state index contributed by atoms with van der Waals surface area (Å²) in [4.78, 5) is 19.0. The molecule has 4 N–H and O–H groups in total. The van der Waals surface area contributed by atoms with E-state index < -0.39 is 17.2 Å². The summed E-state index contributed by atoms with van der Waals surface area (Å²) in [5, 5.41) is 13.5. The molecule has 0 aliphatic carbocycles. The molecule has 6 nitrogen and oxygen atoms in total. The number of benzene rings is 1. The number of likely N-dealkylation sites (tertiary alicyclic amines) is 1. The summed E-state index contributed by atoms with van der Waals surface area (Å²) in [6, 6.07) is 4.93. The number of aliphatic hydroxyl groups is 1. The first-order valence-electron chi connectivity index (χ1n) is 9.33. The van der Waals surface area contributed by atoms with Gasteiger partial charge in [-0.25, -0.2) is 4.39 Å². The van der Waals surface area contributed by atoms with E-state index in [1.54, 1.807) is 32.2 Å². The summed E-state index contributed by atoms with van der Waals surface area (Å²) in [5.74, 6) is -0.429. The quantitative estimate of drug-likeness (QED) is 0.662. The minimum atomic E-state index is -1.48. The van der Waals surface area contributed by atoms with E-state index in [0.29, 0.717) is 49.1 Å². The van der Waals surface area contributed by atoms with Crippen LogP contribution in [0.25, 0.3) is 10.9 Å². The van der Waals surface area contributed by atoms with Crippen molar-refractivity contribution in [3.63, 3.8) is 0 Å². The normalized spacial score (nSPS) is 17.6. The second-order valence-corrected chi connectivity index (χ2v) is 8.55. The SMILES string of the molecule is CC(C)(O)CN1CCC(F)(CNC(=O)c2cc(Cl)c(N)c3cccnc23)CC1. The lowest BCUT2D eigenvalue weighted by Crippen LogP contribution is -2.50. The second-order valence-electron chi connectivity index (χ2n) is 8.14. The molecular weight excluding hydrogens is 383 g/mol. The van der Waals surface area contributed by atoms with Crippen LogP contribution in [0, 0.1) is 0 Å². The summed E-state index contributed by atoms with van der Waals surface area (Å²) < 4.78 is 15.1. The zero-order chi connectivity index (χ0) is 20.5. The molecule has 0 radical (unpaired) electrons. The predicted octanol–water partition coefficient (Wildman–Crippen LogP) is 2.78. The summed E-state index contributed by atoms with van der Waals surface area (Å²) in [6.07, 6.45) is 2.16. The van der Waals surface area contributed by atoms with E-state index in [-0.39, 0.29) is 17.1 Å². The number of carbonyl (C=O) groups excluding carboxylic acids is 1. The van der Waals surface area contributed by atoms with Crippen molar-refractivity contribution < 1.29 is 14.3 Å². The summed E-state index contributed by atoms with van der Waals surface area (Å²) in [7, 11) is 0. The Balaban J connectivity index is 1.67. The Hall–Kier alpha value is -1.96. The smallest absolute Gasteiger partial charge is 0.253 e. The van der Waals surface area contributed by atoms with Gasteiger partial charge in [0.15, 0.2) is 0 Å². The van der Waals surface area contributed by atoms with E-state index in [9.17, 15) is 9.90 Å². The zero-order valence-electron chi connectivity index (χ0n) is 16.1. The Morgan fingerprint density at radius 3 is 2.79 bits per heavy atom. The van der Waals surface area contributed by atoms with Crippen LogP contribution in [0.15, 0.2) is 24.4 Å². The van der Waals surface area contributed by atoms with E-state index in [2.05, 4.69) is 10.3 Å². The maximum atomic E-state index is 15.1. The third kappa shape index (κ3) is 4.71. The second kappa shape index (κ2) is 7.81. The van der Waals surface area contributed by atoms with E-state index >= 15 is 4.39 Å². The van der Waals surface area contributed by atoms with E-state index in [0.717, 1.165) is 0 Å². The van der Waals surface area contributed by atoms with Crippen LogP contribution in [0.3, 0.4) is 0 Å². The van der Waals surface area contributed by atoms with Crippen molar-refractivity contribution in [2.45, 2.75) is 38.0 Å². The highest BCUT2D eigenvalue weighted by molar-refractivity contribution is 6.35. The molecule has 1 saturated heterocycles. The number of halogens is 2. The van der Waals surface area contributed by atoms with Gasteiger partial charge in [-0.15, -0.1) is 0 Å². The molecule has 3 rings (SSSR count). The number of aromatic nitrogens is 1. The Kier molecular flexibility index (Phi) is 5.79. The van der Waals surface area contributed by atoms with Gasteiger partial charge in [0, 0.05) is 31.2 Å². The number of β-amino-alcohol motifs (C(OH)–C–C–N with tert-alkyl or cyclic N) is 1. The average Bonchev–Trinajstić information content (AvgIpc) is 2.64. The van der Waals surface area contributed by atoms with Crippen molar-refractivity contribution in [2.24, 2.45) is 0 Å². The molecule has 2 aromatic rings. The molecule has 1 aromatic carbocycles. The van der Waals surface area contributed by atoms with Crippen molar-refractivity contribution in [3.05, 3.63) is 35.0 Å². The van der Waals surface area contributed by atoms with Crippen LogP contribution in [0.4, 0.5) is 10.1 Å². The van der Waals surface area contributed by atoms with Gasteiger partial charge in [0.05, 0.1) is 33.9 Å². The van der Waals surface area contributed by atoms with Crippen molar-refractivity contribution in [1.82, 2.24) is 15.2 Å². The number of piperidine rings is 1. The molecule has 0 saturated carbocycles. The number of hydrogen-bond donors (Lipinski definition) is 3. The fourth-order valence-corrected chi connectivity index (χ4v) is 3.79. The van der Waals surface area contributed by atoms with E-state index in [1.165, 1.54) is 6.07 Å². The molecule has 1 fully saturated rings. The third-order valence-corrected chi connectivity index (χ3v) is 5.37. The number of carbonyl (C=O) groups is 1. The monoisotopic (exact) mass is 408 g/mol. The van der Waals surface area contributed by atoms with Gasteiger partial charge in [-0.2, -0.15) is 0 Å². The van der Waals surface area contributed by atoms with Gasteiger partial charge >= 0.3 is 0 Å². The van der Waals surface area contributed by atoms with Crippen LogP contribution >= 0.6 is 11.6 Å². The van der Waals surface area contributed by atoms with Gasteiger partial charge in [-0.1, -0.05) is 11.6 Å². The molecule has 0 atom stereocenters. The number of nitrogen functional groups attached to an aromatic ring is 1. The molecule has 1 aromatic heterocycles. The number of hydrogen-bond acceptors (Lipinski definition) is 5. The highest BCUT2D eigenvalue weighted by Crippen LogP contribution is 2.31. The van der Waals surface area contributed by atoms with E-state index in [1.807, 2.05) is 4.90 Å². The number of nitrogens with two attached hydrogens (primary N) is 1. The fraction of sp³-hybridized carbons (Fsp3) is 0.500. The molecule has 8 heteroatoms. The Morgan fingerprint density at radius 2 is 2.14 bits per heavy atom. The van der Waals surface area contributed by atoms with Crippen LogP contribution in [0.5, 0.6) is 0 Å². The van der Waals surface area contributed by atoms with Crippen molar-refractivity contribution in [1.29, 1.82) is 0 Å². The first-order valence-corrected chi connectivity index (χ1v) is 9.70. The maximum Gasteiger partial charge on any atom is 0.253 e. The highest BCUT2D eigenvalue weighted by atomic mass is 35.5. The number of pyridine rings is 1. The van der Waals surface area contributed by atoms with E-state index in [4.69, 9.17) is 17.3 Å². The predicted molar refractivity (Wildman–Crippen MR) is 109 cm³/mol. The summed E-state index contributed by atoms with van der Waals surface area (Å²) in [6.45, 7) is 4.96. The van der Waals surface area contributed by atoms with Crippen LogP contribution in [0.1, 0.15) is 37.0 Å². The van der Waals surface area contributed by atoms with Crippen LogP contribution < -0.4 is 11.1 Å². The Bertz CT molecular complexity index is 876. The number of nitrogens with one attached hydrogen (secondary N) is 1. The van der Waals surface area contributed by atoms with Crippen molar-refractivity contribution in [2.75, 3.05) is 31.9 Å². The molecule has 0 spiro atoms. The molecule has 28 heavy (non-hydrogen) atoms. The van der Waals surface area contributed by atoms with Crippen molar-refractivity contribution in [3.8, 4) is 0 Å². The molecule has 0 bridgehead atoms. The molecule has 1 amide bonds. The lowest BCUT2D eigenvalue weighted by Gasteiger charge is -2.38. The van der Waals surface area contributed by atoms with Gasteiger partial charge in [-0.3, -0.25) is 9.78 Å². The number of alkyl halides is 1. The number of nitrogens with zero attached hydrogens (tertiary/aromatic N) is 2. The van der Waals surface area contributed by atoms with Gasteiger partial charge in [-0.05, 0) is 44.9 Å². The minimum absolute atomic E-state index is 0.0848. The lowest BCUT2D eigenvalue weighted by molar-refractivity contribution is -0.000320. The number of amides is 1. The average molecular weight is 409 g/mol. The van der Waals surface area contributed by atoms with Gasteiger partial charge in [0.2, 0.25) is 0 Å². The lowest BCUT2D eigenvalue weighted by atomic mass is 9.92. The topological polar surface area (TPSA) is 91.5 Å². The molecule has 152 valence electrons. The minimum Gasteiger partial charge on any atom is -0.397 e. The van der Waals surface area contributed by atoms with Crippen molar-refractivity contribution >= 4 is 34.1 Å². The summed E-state index contributed by atoms with van der Waals surface area (Å²) in [5.41, 5.74) is 4.76. The van der Waals surface area contributed by atoms with Gasteiger partial charge in [0.1, 0.15) is 5.67 Å². The number of rotatable bonds is 5. The Labute approximate surface area is 168 Å². The zero-order valence-corrected chi connectivity index (χ0v) is 16.9. The third-order valence-electron chi connectivity index (χ3n) is 5.05. The first-order chi connectivity index (χ1) is 13.1. The molecular formula is C20H26ClFN4O2. The highest BCUT2D eigenvalue weighted by Gasteiger charge is 2.36. The first kappa shape index (κ1) is 20.8. The maximum absolute atomic E-state index is 15.1. The molecule has 2 heterocycles. The Morgan fingerprint density at radius 1 is 1.46 bits per heavy atom. The van der Waals surface area contributed by atoms with Gasteiger partial charge < -0.3 is 21.1 Å². The fourth-order valence-electron chi connectivity index (χ4n) is 3.58. The molecule has 0 unspecified atom stereocenters. The summed E-state index contributed by atoms with van der Waals surface area (Å²) >= 11 is 6.15. The van der Waals surface area contributed by atoms with Crippen LogP contribution in [-0.2, 0) is 0 Å². The number of fused-ring (bicyclic) bond motifs is 1. The molecule has 1 aliphatic rings. The molecule has 1 aliphatic heterocycles. The van der Waals surface area contributed by atoms with Crippen LogP contribution in [-0.4, -0.2) is 58.3 Å². The van der Waals surface area contributed by atoms with Crippen LogP contribution in [0.2, 0.25) is 5.02 Å².